The molecule has 0 aliphatic carbocycles. The lowest BCUT2D eigenvalue weighted by Gasteiger charge is -2.11. The standard InChI is InChI=1S/C24H24N2O3/c1-29-17-22-10-6-5-9-21(22)15-25-23(27)16-26-24(28)20-13-11-19(12-14-20)18-7-3-2-4-8-18/h2-14H,15-17H2,1H3,(H,25,27)(H,26,28). The third-order valence-electron chi connectivity index (χ3n) is 4.56. The number of methoxy groups -OCH3 is 1. The average Bonchev–Trinajstić information content (AvgIpc) is 2.78. The average molecular weight is 388 g/mol. The van der Waals surface area contributed by atoms with Gasteiger partial charge in [0, 0.05) is 19.2 Å². The second-order valence-electron chi connectivity index (χ2n) is 6.60. The second kappa shape index (κ2) is 10.2. The summed E-state index contributed by atoms with van der Waals surface area (Å²) in [5.74, 6) is -0.522. The van der Waals surface area contributed by atoms with Crippen LogP contribution in [0.1, 0.15) is 21.5 Å². The van der Waals surface area contributed by atoms with Gasteiger partial charge in [-0.3, -0.25) is 9.59 Å². The van der Waals surface area contributed by atoms with Gasteiger partial charge in [0.15, 0.2) is 0 Å². The lowest BCUT2D eigenvalue weighted by Crippen LogP contribution is -2.36. The fourth-order valence-electron chi connectivity index (χ4n) is 2.99. The Kier molecular flexibility index (Phi) is 7.14. The molecule has 0 aromatic heterocycles. The van der Waals surface area contributed by atoms with Gasteiger partial charge < -0.3 is 15.4 Å². The fraction of sp³-hybridized carbons (Fsp3) is 0.167. The number of nitrogens with one attached hydrogen (secondary N) is 2. The maximum absolute atomic E-state index is 12.3. The Labute approximate surface area is 170 Å². The van der Waals surface area contributed by atoms with Gasteiger partial charge in [0.05, 0.1) is 13.2 Å². The predicted molar refractivity (Wildman–Crippen MR) is 113 cm³/mol. The number of carbonyl (C=O) groups excluding carboxylic acids is 2. The first kappa shape index (κ1) is 20.3. The largest absolute Gasteiger partial charge is 0.380 e. The number of benzene rings is 3. The van der Waals surface area contributed by atoms with Crippen molar-refractivity contribution in [1.29, 1.82) is 0 Å². The summed E-state index contributed by atoms with van der Waals surface area (Å²) < 4.78 is 5.17. The summed E-state index contributed by atoms with van der Waals surface area (Å²) in [7, 11) is 1.64. The molecule has 0 unspecified atom stereocenters. The first-order chi connectivity index (χ1) is 14.2. The normalized spacial score (nSPS) is 10.4. The predicted octanol–water partition coefficient (Wildman–Crippen LogP) is 3.55. The number of amides is 2. The van der Waals surface area contributed by atoms with E-state index in [1.54, 1.807) is 19.2 Å². The van der Waals surface area contributed by atoms with Crippen LogP contribution in [0.3, 0.4) is 0 Å². The Balaban J connectivity index is 1.49. The number of hydrogen-bond donors (Lipinski definition) is 2. The third-order valence-corrected chi connectivity index (χ3v) is 4.56. The molecule has 3 aromatic rings. The Morgan fingerprint density at radius 3 is 2.07 bits per heavy atom. The minimum absolute atomic E-state index is 0.0777. The van der Waals surface area contributed by atoms with Crippen LogP contribution in [0, 0.1) is 0 Å². The van der Waals surface area contributed by atoms with Crippen LogP contribution in [0.5, 0.6) is 0 Å². The van der Waals surface area contributed by atoms with E-state index in [4.69, 9.17) is 4.74 Å². The molecule has 0 saturated carbocycles. The fourth-order valence-corrected chi connectivity index (χ4v) is 2.99. The van der Waals surface area contributed by atoms with Gasteiger partial charge in [-0.05, 0) is 34.4 Å². The topological polar surface area (TPSA) is 67.4 Å². The lowest BCUT2D eigenvalue weighted by atomic mass is 10.0. The molecule has 5 heteroatoms. The van der Waals surface area contributed by atoms with Crippen LogP contribution in [0.2, 0.25) is 0 Å². The number of carbonyl (C=O) groups is 2. The Hall–Kier alpha value is -3.44. The smallest absolute Gasteiger partial charge is 0.251 e. The summed E-state index contributed by atoms with van der Waals surface area (Å²) in [5.41, 5.74) is 4.66. The molecule has 29 heavy (non-hydrogen) atoms. The van der Waals surface area contributed by atoms with Gasteiger partial charge in [-0.25, -0.2) is 0 Å². The van der Waals surface area contributed by atoms with Crippen molar-refractivity contribution in [2.75, 3.05) is 13.7 Å². The van der Waals surface area contributed by atoms with Crippen LogP contribution in [0.15, 0.2) is 78.9 Å². The van der Waals surface area contributed by atoms with Crippen molar-refractivity contribution in [2.45, 2.75) is 13.2 Å². The summed E-state index contributed by atoms with van der Waals surface area (Å²) in [5, 5.41) is 5.48. The molecule has 0 fully saturated rings. The highest BCUT2D eigenvalue weighted by Crippen LogP contribution is 2.19. The molecule has 2 N–H and O–H groups in total. The zero-order chi connectivity index (χ0) is 20.5. The van der Waals surface area contributed by atoms with E-state index < -0.39 is 0 Å². The third kappa shape index (κ3) is 5.77. The molecule has 0 aliphatic rings. The molecule has 0 bridgehead atoms. The molecule has 3 rings (SSSR count). The zero-order valence-corrected chi connectivity index (χ0v) is 16.4. The van der Waals surface area contributed by atoms with Crippen molar-refractivity contribution in [2.24, 2.45) is 0 Å². The molecule has 0 heterocycles. The monoisotopic (exact) mass is 388 g/mol. The molecule has 0 radical (unpaired) electrons. The van der Waals surface area contributed by atoms with Gasteiger partial charge in [-0.15, -0.1) is 0 Å². The molecule has 2 amide bonds. The van der Waals surface area contributed by atoms with Crippen molar-refractivity contribution < 1.29 is 14.3 Å². The highest BCUT2D eigenvalue weighted by molar-refractivity contribution is 5.96. The van der Waals surface area contributed by atoms with E-state index in [0.29, 0.717) is 18.7 Å². The van der Waals surface area contributed by atoms with Crippen molar-refractivity contribution in [3.63, 3.8) is 0 Å². The van der Waals surface area contributed by atoms with Crippen molar-refractivity contribution >= 4 is 11.8 Å². The summed E-state index contributed by atoms with van der Waals surface area (Å²) in [6.07, 6.45) is 0. The van der Waals surface area contributed by atoms with Gasteiger partial charge in [0.1, 0.15) is 0 Å². The maximum Gasteiger partial charge on any atom is 0.251 e. The minimum Gasteiger partial charge on any atom is -0.380 e. The van der Waals surface area contributed by atoms with Crippen LogP contribution in [-0.2, 0) is 22.7 Å². The molecule has 148 valence electrons. The van der Waals surface area contributed by atoms with E-state index in [1.807, 2.05) is 66.7 Å². The first-order valence-corrected chi connectivity index (χ1v) is 9.43. The molecule has 3 aromatic carbocycles. The van der Waals surface area contributed by atoms with E-state index in [2.05, 4.69) is 10.6 Å². The van der Waals surface area contributed by atoms with Crippen LogP contribution in [0.25, 0.3) is 11.1 Å². The highest BCUT2D eigenvalue weighted by atomic mass is 16.5. The van der Waals surface area contributed by atoms with Gasteiger partial charge >= 0.3 is 0 Å². The molecule has 0 saturated heterocycles. The van der Waals surface area contributed by atoms with Crippen molar-refractivity contribution in [3.8, 4) is 11.1 Å². The van der Waals surface area contributed by atoms with Crippen LogP contribution in [-0.4, -0.2) is 25.5 Å². The van der Waals surface area contributed by atoms with Crippen LogP contribution in [0.4, 0.5) is 0 Å². The molecular formula is C24H24N2O3. The summed E-state index contributed by atoms with van der Waals surface area (Å²) in [6.45, 7) is 0.799. The molecule has 0 atom stereocenters. The van der Waals surface area contributed by atoms with Gasteiger partial charge in [0.25, 0.3) is 5.91 Å². The van der Waals surface area contributed by atoms with Crippen molar-refractivity contribution in [3.05, 3.63) is 95.6 Å². The maximum atomic E-state index is 12.3. The number of ether oxygens (including phenoxy) is 1. The molecule has 5 nitrogen and oxygen atoms in total. The van der Waals surface area contributed by atoms with E-state index in [-0.39, 0.29) is 18.4 Å². The van der Waals surface area contributed by atoms with Gasteiger partial charge in [0.2, 0.25) is 5.91 Å². The Morgan fingerprint density at radius 1 is 0.759 bits per heavy atom. The van der Waals surface area contributed by atoms with E-state index in [1.165, 1.54) is 0 Å². The molecule has 0 spiro atoms. The lowest BCUT2D eigenvalue weighted by molar-refractivity contribution is -0.120. The summed E-state index contributed by atoms with van der Waals surface area (Å²) in [6, 6.07) is 25.0. The molecular weight excluding hydrogens is 364 g/mol. The van der Waals surface area contributed by atoms with Crippen molar-refractivity contribution in [1.82, 2.24) is 10.6 Å². The first-order valence-electron chi connectivity index (χ1n) is 9.43. The van der Waals surface area contributed by atoms with Crippen LogP contribution >= 0.6 is 0 Å². The summed E-state index contributed by atoms with van der Waals surface area (Å²) >= 11 is 0. The molecule has 0 aliphatic heterocycles. The van der Waals surface area contributed by atoms with E-state index in [0.717, 1.165) is 22.3 Å². The van der Waals surface area contributed by atoms with E-state index >= 15 is 0 Å². The SMILES string of the molecule is COCc1ccccc1CNC(=O)CNC(=O)c1ccc(-c2ccccc2)cc1. The Bertz CT molecular complexity index is 953. The quantitative estimate of drug-likeness (QED) is 0.620. The number of hydrogen-bond acceptors (Lipinski definition) is 3. The zero-order valence-electron chi connectivity index (χ0n) is 16.4. The van der Waals surface area contributed by atoms with Gasteiger partial charge in [-0.2, -0.15) is 0 Å². The van der Waals surface area contributed by atoms with Crippen LogP contribution < -0.4 is 10.6 Å². The second-order valence-corrected chi connectivity index (χ2v) is 6.60. The van der Waals surface area contributed by atoms with Gasteiger partial charge in [-0.1, -0.05) is 66.7 Å². The number of rotatable bonds is 8. The van der Waals surface area contributed by atoms with E-state index in [9.17, 15) is 9.59 Å². The Morgan fingerprint density at radius 2 is 1.38 bits per heavy atom. The minimum atomic E-state index is -0.278. The highest BCUT2D eigenvalue weighted by Gasteiger charge is 2.09. The summed E-state index contributed by atoms with van der Waals surface area (Å²) in [4.78, 5) is 24.4.